The van der Waals surface area contributed by atoms with Gasteiger partial charge in [0.25, 0.3) is 0 Å². The highest BCUT2D eigenvalue weighted by Crippen LogP contribution is 2.18. The molecule has 15 heavy (non-hydrogen) atoms. The lowest BCUT2D eigenvalue weighted by Crippen LogP contribution is -2.12. The predicted molar refractivity (Wildman–Crippen MR) is 56.7 cm³/mol. The lowest BCUT2D eigenvalue weighted by atomic mass is 10.1. The van der Waals surface area contributed by atoms with Gasteiger partial charge in [0, 0.05) is 18.4 Å². The average molecular weight is 202 g/mol. The third-order valence-electron chi connectivity index (χ3n) is 3.00. The van der Waals surface area contributed by atoms with E-state index in [-0.39, 0.29) is 0 Å². The minimum absolute atomic E-state index is 0.812. The molecule has 0 bridgehead atoms. The zero-order valence-electron chi connectivity index (χ0n) is 8.65. The van der Waals surface area contributed by atoms with Crippen molar-refractivity contribution in [2.24, 2.45) is 0 Å². The number of hydrogen-bond acceptors (Lipinski definition) is 2. The van der Waals surface area contributed by atoms with Gasteiger partial charge in [-0.3, -0.25) is 0 Å². The van der Waals surface area contributed by atoms with E-state index < -0.39 is 0 Å². The summed E-state index contributed by atoms with van der Waals surface area (Å²) in [6.45, 7) is 1.12. The van der Waals surface area contributed by atoms with E-state index in [1.165, 1.54) is 25.0 Å². The first-order chi connectivity index (χ1) is 7.43. The van der Waals surface area contributed by atoms with E-state index in [2.05, 4.69) is 9.55 Å². The molecule has 0 N–H and O–H groups in total. The Kier molecular flexibility index (Phi) is 2.09. The standard InChI is InChI=1S/C12H14N2O/c1-2-6-14-10(4-1)9-13-12(14)8-11-5-3-7-15-11/h3,5,7,9H,1-2,4,6,8H2. The summed E-state index contributed by atoms with van der Waals surface area (Å²) in [6, 6.07) is 3.93. The molecule has 0 atom stereocenters. The van der Waals surface area contributed by atoms with Crippen LogP contribution in [0.25, 0.3) is 0 Å². The molecule has 0 saturated heterocycles. The van der Waals surface area contributed by atoms with Gasteiger partial charge in [-0.1, -0.05) is 0 Å². The Morgan fingerprint density at radius 3 is 3.27 bits per heavy atom. The normalized spacial score (nSPS) is 15.2. The van der Waals surface area contributed by atoms with Crippen molar-refractivity contribution < 1.29 is 4.42 Å². The number of imidazole rings is 1. The van der Waals surface area contributed by atoms with Gasteiger partial charge >= 0.3 is 0 Å². The van der Waals surface area contributed by atoms with Crippen LogP contribution in [0.2, 0.25) is 0 Å². The Balaban J connectivity index is 1.89. The SMILES string of the molecule is c1coc(Cc2ncc3n2CCCC3)c1. The van der Waals surface area contributed by atoms with Crippen molar-refractivity contribution in [3.63, 3.8) is 0 Å². The summed E-state index contributed by atoms with van der Waals surface area (Å²) in [5, 5.41) is 0. The summed E-state index contributed by atoms with van der Waals surface area (Å²) in [6.07, 6.45) is 8.28. The van der Waals surface area contributed by atoms with Crippen molar-refractivity contribution in [1.82, 2.24) is 9.55 Å². The summed E-state index contributed by atoms with van der Waals surface area (Å²) in [5.74, 6) is 2.13. The minimum atomic E-state index is 0.812. The van der Waals surface area contributed by atoms with Crippen LogP contribution in [-0.2, 0) is 19.4 Å². The van der Waals surface area contributed by atoms with Crippen LogP contribution < -0.4 is 0 Å². The highest BCUT2D eigenvalue weighted by atomic mass is 16.3. The van der Waals surface area contributed by atoms with Gasteiger partial charge in [0.1, 0.15) is 11.6 Å². The highest BCUT2D eigenvalue weighted by Gasteiger charge is 2.14. The predicted octanol–water partition coefficient (Wildman–Crippen LogP) is 2.40. The molecule has 0 radical (unpaired) electrons. The lowest BCUT2D eigenvalue weighted by molar-refractivity contribution is 0.490. The van der Waals surface area contributed by atoms with Crippen molar-refractivity contribution in [2.45, 2.75) is 32.2 Å². The molecule has 0 aliphatic carbocycles. The second-order valence-corrected chi connectivity index (χ2v) is 4.03. The van der Waals surface area contributed by atoms with Crippen LogP contribution in [-0.4, -0.2) is 9.55 Å². The first kappa shape index (κ1) is 8.77. The summed E-state index contributed by atoms with van der Waals surface area (Å²) in [5.41, 5.74) is 1.38. The van der Waals surface area contributed by atoms with E-state index in [0.717, 1.165) is 24.6 Å². The molecule has 2 aromatic heterocycles. The molecule has 0 saturated carbocycles. The van der Waals surface area contributed by atoms with Crippen molar-refractivity contribution in [2.75, 3.05) is 0 Å². The van der Waals surface area contributed by atoms with Crippen LogP contribution >= 0.6 is 0 Å². The van der Waals surface area contributed by atoms with Gasteiger partial charge < -0.3 is 8.98 Å². The highest BCUT2D eigenvalue weighted by molar-refractivity contribution is 5.13. The van der Waals surface area contributed by atoms with Gasteiger partial charge in [0.2, 0.25) is 0 Å². The maximum atomic E-state index is 5.34. The molecule has 2 aromatic rings. The second-order valence-electron chi connectivity index (χ2n) is 4.03. The van der Waals surface area contributed by atoms with E-state index in [1.807, 2.05) is 18.3 Å². The third-order valence-corrected chi connectivity index (χ3v) is 3.00. The maximum Gasteiger partial charge on any atom is 0.116 e. The van der Waals surface area contributed by atoms with E-state index in [0.29, 0.717) is 0 Å². The molecule has 78 valence electrons. The topological polar surface area (TPSA) is 31.0 Å². The van der Waals surface area contributed by atoms with Gasteiger partial charge in [-0.05, 0) is 31.4 Å². The molecular weight excluding hydrogens is 188 g/mol. The first-order valence-corrected chi connectivity index (χ1v) is 5.49. The summed E-state index contributed by atoms with van der Waals surface area (Å²) < 4.78 is 7.68. The maximum absolute atomic E-state index is 5.34. The van der Waals surface area contributed by atoms with Crippen molar-refractivity contribution in [3.05, 3.63) is 41.9 Å². The number of aromatic nitrogens is 2. The fourth-order valence-electron chi connectivity index (χ4n) is 2.21. The van der Waals surface area contributed by atoms with Gasteiger partial charge in [0.15, 0.2) is 0 Å². The van der Waals surface area contributed by atoms with E-state index in [4.69, 9.17) is 4.42 Å². The Morgan fingerprint density at radius 2 is 2.40 bits per heavy atom. The number of furan rings is 1. The molecule has 0 aromatic carbocycles. The Bertz CT molecular complexity index is 442. The fourth-order valence-corrected chi connectivity index (χ4v) is 2.21. The monoisotopic (exact) mass is 202 g/mol. The molecule has 0 unspecified atom stereocenters. The number of rotatable bonds is 2. The van der Waals surface area contributed by atoms with Crippen LogP contribution in [0, 0.1) is 0 Å². The molecule has 0 fully saturated rings. The van der Waals surface area contributed by atoms with Gasteiger partial charge in [-0.2, -0.15) is 0 Å². The molecule has 3 heterocycles. The Morgan fingerprint density at radius 1 is 1.40 bits per heavy atom. The van der Waals surface area contributed by atoms with E-state index in [9.17, 15) is 0 Å². The van der Waals surface area contributed by atoms with Gasteiger partial charge in [0.05, 0.1) is 12.7 Å². The summed E-state index contributed by atoms with van der Waals surface area (Å²) >= 11 is 0. The lowest BCUT2D eigenvalue weighted by Gasteiger charge is -2.15. The molecule has 3 heteroatoms. The molecule has 0 amide bonds. The Labute approximate surface area is 88.7 Å². The molecule has 1 aliphatic rings. The average Bonchev–Trinajstić information content (AvgIpc) is 2.89. The van der Waals surface area contributed by atoms with Crippen LogP contribution in [0.4, 0.5) is 0 Å². The van der Waals surface area contributed by atoms with Crippen molar-refractivity contribution >= 4 is 0 Å². The molecule has 3 nitrogen and oxygen atoms in total. The second kappa shape index (κ2) is 3.57. The molecule has 0 spiro atoms. The molecular formula is C12H14N2O. The van der Waals surface area contributed by atoms with Crippen molar-refractivity contribution in [1.29, 1.82) is 0 Å². The quantitative estimate of drug-likeness (QED) is 0.748. The van der Waals surface area contributed by atoms with Crippen LogP contribution in [0.15, 0.2) is 29.0 Å². The first-order valence-electron chi connectivity index (χ1n) is 5.49. The largest absolute Gasteiger partial charge is 0.469 e. The zero-order valence-corrected chi connectivity index (χ0v) is 8.65. The van der Waals surface area contributed by atoms with Gasteiger partial charge in [-0.15, -0.1) is 0 Å². The van der Waals surface area contributed by atoms with E-state index in [1.54, 1.807) is 6.26 Å². The Hall–Kier alpha value is -1.51. The fraction of sp³-hybridized carbons (Fsp3) is 0.417. The number of hydrogen-bond donors (Lipinski definition) is 0. The number of nitrogens with zero attached hydrogens (tertiary/aromatic N) is 2. The number of aryl methyl sites for hydroxylation is 1. The van der Waals surface area contributed by atoms with Gasteiger partial charge in [-0.25, -0.2) is 4.98 Å². The summed E-state index contributed by atoms with van der Waals surface area (Å²) in [7, 11) is 0. The molecule has 1 aliphatic heterocycles. The smallest absolute Gasteiger partial charge is 0.116 e. The summed E-state index contributed by atoms with van der Waals surface area (Å²) in [4.78, 5) is 4.48. The van der Waals surface area contributed by atoms with Crippen molar-refractivity contribution in [3.8, 4) is 0 Å². The van der Waals surface area contributed by atoms with Crippen LogP contribution in [0.5, 0.6) is 0 Å². The van der Waals surface area contributed by atoms with E-state index >= 15 is 0 Å². The van der Waals surface area contributed by atoms with Crippen LogP contribution in [0.1, 0.15) is 30.1 Å². The van der Waals surface area contributed by atoms with Crippen LogP contribution in [0.3, 0.4) is 0 Å². The number of fused-ring (bicyclic) bond motifs is 1. The minimum Gasteiger partial charge on any atom is -0.469 e. The third kappa shape index (κ3) is 1.58. The zero-order chi connectivity index (χ0) is 10.1. The molecule has 3 rings (SSSR count).